The van der Waals surface area contributed by atoms with Crippen LogP contribution in [0.3, 0.4) is 0 Å². The van der Waals surface area contributed by atoms with Crippen LogP contribution in [0.5, 0.6) is 0 Å². The molecule has 11 N–H and O–H groups in total. The SMILES string of the molecule is CC(C)CC(NC(=O)C(NC(=O)C1CCCN1C(=O)C(N)C(C)O)C(C)O)C(=O)NC(CCC(=O)O)C(=O)NC(C)C(=O)NC(C)C(=O)O. The van der Waals surface area contributed by atoms with Gasteiger partial charge in [0.2, 0.25) is 35.4 Å². The number of nitrogens with zero attached hydrogens (tertiary/aromatic N) is 1. The van der Waals surface area contributed by atoms with Crippen LogP contribution in [0.15, 0.2) is 0 Å². The quantitative estimate of drug-likeness (QED) is 0.0627. The molecule has 1 fully saturated rings. The molecule has 0 spiro atoms. The van der Waals surface area contributed by atoms with Gasteiger partial charge >= 0.3 is 11.9 Å². The molecule has 9 unspecified atom stereocenters. The number of carboxylic acid groups (broad SMARTS) is 2. The molecule has 6 amide bonds. The zero-order valence-electron chi connectivity index (χ0n) is 28.6. The molecular weight excluding hydrogens is 650 g/mol. The topological polar surface area (TPSA) is 307 Å². The predicted molar refractivity (Wildman–Crippen MR) is 171 cm³/mol. The summed E-state index contributed by atoms with van der Waals surface area (Å²) in [5, 5.41) is 50.1. The maximum atomic E-state index is 13.5. The Morgan fingerprint density at radius 3 is 1.80 bits per heavy atom. The molecule has 278 valence electrons. The maximum Gasteiger partial charge on any atom is 0.325 e. The molecule has 1 rings (SSSR count). The molecule has 0 bridgehead atoms. The zero-order chi connectivity index (χ0) is 37.7. The Morgan fingerprint density at radius 2 is 1.29 bits per heavy atom. The number of aliphatic hydroxyl groups excluding tert-OH is 2. The van der Waals surface area contributed by atoms with E-state index in [9.17, 15) is 53.7 Å². The molecular formula is C30H51N7O12. The van der Waals surface area contributed by atoms with Gasteiger partial charge in [-0.1, -0.05) is 13.8 Å². The van der Waals surface area contributed by atoms with E-state index in [1.54, 1.807) is 13.8 Å². The number of carbonyl (C=O) groups excluding carboxylic acids is 6. The standard InChI is InChI=1S/C30H51N7O12/c1-13(2)12-19(26(44)34-18(9-10-21(40)41)25(43)32-14(3)24(42)33-15(4)30(48)49)35-28(46)23(17(6)39)36-27(45)20-8-7-11-37(20)29(47)22(31)16(5)38/h13-20,22-23,38-39H,7-12,31H2,1-6H3,(H,32,43)(H,33,42)(H,34,44)(H,35,46)(H,36,45)(H,40,41)(H,48,49). The second-order valence-corrected chi connectivity index (χ2v) is 12.7. The van der Waals surface area contributed by atoms with Crippen LogP contribution in [0.2, 0.25) is 0 Å². The van der Waals surface area contributed by atoms with Gasteiger partial charge in [-0.3, -0.25) is 38.4 Å². The fraction of sp³-hybridized carbons (Fsp3) is 0.733. The summed E-state index contributed by atoms with van der Waals surface area (Å²) in [6, 6.07) is -9.26. The summed E-state index contributed by atoms with van der Waals surface area (Å²) in [6.07, 6.45) is -2.93. The Kier molecular flexibility index (Phi) is 17.1. The number of hydrogen-bond acceptors (Lipinski definition) is 11. The van der Waals surface area contributed by atoms with Crippen molar-refractivity contribution >= 4 is 47.4 Å². The van der Waals surface area contributed by atoms with Crippen LogP contribution in [0, 0.1) is 5.92 Å². The van der Waals surface area contributed by atoms with Gasteiger partial charge in [0.15, 0.2) is 0 Å². The van der Waals surface area contributed by atoms with Gasteiger partial charge in [-0.15, -0.1) is 0 Å². The Hall–Kier alpha value is -4.36. The highest BCUT2D eigenvalue weighted by atomic mass is 16.4. The molecule has 19 heteroatoms. The smallest absolute Gasteiger partial charge is 0.325 e. The van der Waals surface area contributed by atoms with Crippen LogP contribution in [0.4, 0.5) is 0 Å². The van der Waals surface area contributed by atoms with E-state index in [0.717, 1.165) is 0 Å². The summed E-state index contributed by atoms with van der Waals surface area (Å²) in [4.78, 5) is 102. The largest absolute Gasteiger partial charge is 0.481 e. The van der Waals surface area contributed by atoms with Crippen LogP contribution >= 0.6 is 0 Å². The Bertz CT molecular complexity index is 1230. The minimum absolute atomic E-state index is 0.0132. The van der Waals surface area contributed by atoms with Crippen molar-refractivity contribution in [3.8, 4) is 0 Å². The highest BCUT2D eigenvalue weighted by molar-refractivity contribution is 5.97. The minimum Gasteiger partial charge on any atom is -0.481 e. The summed E-state index contributed by atoms with van der Waals surface area (Å²) in [5.41, 5.74) is 5.77. The maximum absolute atomic E-state index is 13.5. The molecule has 0 aliphatic carbocycles. The summed E-state index contributed by atoms with van der Waals surface area (Å²) >= 11 is 0. The molecule has 49 heavy (non-hydrogen) atoms. The molecule has 0 aromatic heterocycles. The van der Waals surface area contributed by atoms with Gasteiger partial charge in [-0.05, 0) is 59.3 Å². The Balaban J connectivity index is 3.13. The first kappa shape index (κ1) is 42.7. The number of nitrogens with one attached hydrogen (secondary N) is 5. The van der Waals surface area contributed by atoms with E-state index < -0.39 is 115 Å². The molecule has 9 atom stereocenters. The van der Waals surface area contributed by atoms with Gasteiger partial charge in [0.05, 0.1) is 12.2 Å². The number of amides is 6. The minimum atomic E-state index is -1.59. The molecule has 0 aromatic carbocycles. The molecule has 1 aliphatic heterocycles. The molecule has 0 saturated carbocycles. The Morgan fingerprint density at radius 1 is 0.735 bits per heavy atom. The third kappa shape index (κ3) is 13.6. The van der Waals surface area contributed by atoms with E-state index >= 15 is 0 Å². The molecule has 1 aliphatic rings. The monoisotopic (exact) mass is 701 g/mol. The van der Waals surface area contributed by atoms with Crippen LogP contribution in [-0.4, -0.2) is 134 Å². The average molecular weight is 702 g/mol. The van der Waals surface area contributed by atoms with Gasteiger partial charge < -0.3 is 57.6 Å². The third-order valence-electron chi connectivity index (χ3n) is 7.81. The predicted octanol–water partition coefficient (Wildman–Crippen LogP) is -3.47. The lowest BCUT2D eigenvalue weighted by atomic mass is 10.0. The fourth-order valence-corrected chi connectivity index (χ4v) is 4.91. The van der Waals surface area contributed by atoms with E-state index in [0.29, 0.717) is 6.42 Å². The number of aliphatic carboxylic acids is 2. The first-order valence-corrected chi connectivity index (χ1v) is 16.1. The van der Waals surface area contributed by atoms with Crippen molar-refractivity contribution < 1.29 is 58.8 Å². The first-order valence-electron chi connectivity index (χ1n) is 16.1. The summed E-state index contributed by atoms with van der Waals surface area (Å²) < 4.78 is 0. The van der Waals surface area contributed by atoms with Crippen LogP contribution < -0.4 is 32.3 Å². The van der Waals surface area contributed by atoms with Crippen molar-refractivity contribution in [2.24, 2.45) is 11.7 Å². The molecule has 0 radical (unpaired) electrons. The van der Waals surface area contributed by atoms with Gasteiger partial charge in [0.25, 0.3) is 0 Å². The Labute approximate surface area is 284 Å². The molecule has 1 saturated heterocycles. The van der Waals surface area contributed by atoms with E-state index in [2.05, 4.69) is 26.6 Å². The first-order chi connectivity index (χ1) is 22.7. The van der Waals surface area contributed by atoms with Gasteiger partial charge in [0, 0.05) is 13.0 Å². The van der Waals surface area contributed by atoms with E-state index in [1.807, 2.05) is 0 Å². The number of likely N-dealkylation sites (tertiary alicyclic amines) is 1. The van der Waals surface area contributed by atoms with Crippen molar-refractivity contribution in [3.63, 3.8) is 0 Å². The van der Waals surface area contributed by atoms with Gasteiger partial charge in [-0.25, -0.2) is 0 Å². The van der Waals surface area contributed by atoms with Crippen molar-refractivity contribution in [1.82, 2.24) is 31.5 Å². The van der Waals surface area contributed by atoms with E-state index in [-0.39, 0.29) is 25.3 Å². The van der Waals surface area contributed by atoms with E-state index in [4.69, 9.17) is 10.8 Å². The number of rotatable bonds is 19. The van der Waals surface area contributed by atoms with Gasteiger partial charge in [-0.2, -0.15) is 0 Å². The number of carbonyl (C=O) groups is 8. The lowest BCUT2D eigenvalue weighted by Crippen LogP contribution is -2.61. The average Bonchev–Trinajstić information content (AvgIpc) is 3.49. The fourth-order valence-electron chi connectivity index (χ4n) is 4.91. The van der Waals surface area contributed by atoms with Crippen LogP contribution in [0.25, 0.3) is 0 Å². The second-order valence-electron chi connectivity index (χ2n) is 12.7. The number of carboxylic acids is 2. The van der Waals surface area contributed by atoms with Crippen molar-refractivity contribution in [3.05, 3.63) is 0 Å². The lowest BCUT2D eigenvalue weighted by Gasteiger charge is -2.30. The summed E-state index contributed by atoms with van der Waals surface area (Å²) in [5.74, 6) is -7.91. The highest BCUT2D eigenvalue weighted by Crippen LogP contribution is 2.19. The number of aliphatic hydroxyl groups is 2. The van der Waals surface area contributed by atoms with Crippen LogP contribution in [0.1, 0.15) is 73.6 Å². The van der Waals surface area contributed by atoms with Crippen molar-refractivity contribution in [2.75, 3.05) is 6.54 Å². The molecule has 1 heterocycles. The summed E-state index contributed by atoms with van der Waals surface area (Å²) in [6.45, 7) is 8.67. The lowest BCUT2D eigenvalue weighted by molar-refractivity contribution is -0.142. The normalized spacial score (nSPS) is 19.2. The molecule has 19 nitrogen and oxygen atoms in total. The number of nitrogens with two attached hydrogens (primary N) is 1. The molecule has 0 aromatic rings. The van der Waals surface area contributed by atoms with Crippen molar-refractivity contribution in [2.45, 2.75) is 128 Å². The third-order valence-corrected chi connectivity index (χ3v) is 7.81. The van der Waals surface area contributed by atoms with Gasteiger partial charge in [0.1, 0.15) is 42.3 Å². The second kappa shape index (κ2) is 19.6. The summed E-state index contributed by atoms with van der Waals surface area (Å²) in [7, 11) is 0. The van der Waals surface area contributed by atoms with Crippen LogP contribution in [-0.2, 0) is 38.4 Å². The van der Waals surface area contributed by atoms with Crippen molar-refractivity contribution in [1.29, 1.82) is 0 Å². The zero-order valence-corrected chi connectivity index (χ0v) is 28.6. The van der Waals surface area contributed by atoms with E-state index in [1.165, 1.54) is 32.6 Å². The highest BCUT2D eigenvalue weighted by Gasteiger charge is 2.40. The number of hydrogen-bond donors (Lipinski definition) is 10.